The Morgan fingerprint density at radius 2 is 1.69 bits per heavy atom. The van der Waals surface area contributed by atoms with E-state index in [1.807, 2.05) is 44.2 Å². The molecule has 0 saturated carbocycles. The van der Waals surface area contributed by atoms with Gasteiger partial charge in [-0.3, -0.25) is 9.59 Å². The Balaban J connectivity index is 1.29. The lowest BCUT2D eigenvalue weighted by atomic mass is 10.1. The van der Waals surface area contributed by atoms with Gasteiger partial charge < -0.3 is 10.2 Å². The van der Waals surface area contributed by atoms with Gasteiger partial charge in [0.25, 0.3) is 0 Å². The zero-order valence-corrected chi connectivity index (χ0v) is 22.2. The molecule has 1 atom stereocenters. The topological polar surface area (TPSA) is 111 Å². The van der Waals surface area contributed by atoms with Gasteiger partial charge in [-0.2, -0.15) is 14.9 Å². The van der Waals surface area contributed by atoms with Crippen molar-refractivity contribution >= 4 is 34.4 Å². The van der Waals surface area contributed by atoms with Crippen molar-refractivity contribution in [2.45, 2.75) is 34.1 Å². The van der Waals surface area contributed by atoms with Crippen LogP contribution in [0.5, 0.6) is 0 Å². The number of anilines is 2. The Morgan fingerprint density at radius 3 is 2.46 bits per heavy atom. The van der Waals surface area contributed by atoms with Crippen LogP contribution in [0.15, 0.2) is 61.1 Å². The molecule has 0 spiro atoms. The van der Waals surface area contributed by atoms with Crippen molar-refractivity contribution in [3.05, 3.63) is 83.4 Å². The molecule has 5 aromatic rings. The Labute approximate surface area is 225 Å². The highest BCUT2D eigenvalue weighted by molar-refractivity contribution is 6.03. The van der Waals surface area contributed by atoms with Crippen molar-refractivity contribution in [1.82, 2.24) is 29.5 Å². The number of rotatable bonds is 5. The molecule has 10 nitrogen and oxygen atoms in total. The number of carbonyl (C=O) groups is 2. The van der Waals surface area contributed by atoms with Crippen LogP contribution in [0.1, 0.15) is 28.8 Å². The molecule has 2 aromatic carbocycles. The molecule has 1 fully saturated rings. The fourth-order valence-electron chi connectivity index (χ4n) is 4.88. The quantitative estimate of drug-likeness (QED) is 0.371. The van der Waals surface area contributed by atoms with Crippen LogP contribution in [-0.2, 0) is 9.59 Å². The van der Waals surface area contributed by atoms with Gasteiger partial charge in [-0.1, -0.05) is 23.8 Å². The Hall–Kier alpha value is -4.86. The number of carbonyl (C=O) groups excluding carboxylic acids is 2. The minimum atomic E-state index is -0.486. The lowest BCUT2D eigenvalue weighted by molar-refractivity contribution is -0.122. The fraction of sp³-hybridized carbons (Fsp3) is 0.241. The van der Waals surface area contributed by atoms with Crippen molar-refractivity contribution in [3.63, 3.8) is 0 Å². The summed E-state index contributed by atoms with van der Waals surface area (Å²) in [4.78, 5) is 36.7. The zero-order chi connectivity index (χ0) is 27.3. The summed E-state index contributed by atoms with van der Waals surface area (Å²) in [7, 11) is 0. The molecule has 1 aliphatic heterocycles. The van der Waals surface area contributed by atoms with E-state index < -0.39 is 5.92 Å². The molecule has 39 heavy (non-hydrogen) atoms. The van der Waals surface area contributed by atoms with Crippen molar-refractivity contribution in [2.75, 3.05) is 16.8 Å². The number of benzene rings is 2. The lowest BCUT2D eigenvalue weighted by Crippen LogP contribution is -2.28. The van der Waals surface area contributed by atoms with Gasteiger partial charge in [-0.15, -0.1) is 0 Å². The monoisotopic (exact) mass is 520 g/mol. The third kappa shape index (κ3) is 4.43. The molecule has 0 aliphatic carbocycles. The Kier molecular flexibility index (Phi) is 5.94. The molecular formula is C29H28N8O2. The highest BCUT2D eigenvalue weighted by Crippen LogP contribution is 2.28. The van der Waals surface area contributed by atoms with Crippen LogP contribution in [0, 0.1) is 33.6 Å². The van der Waals surface area contributed by atoms with Crippen LogP contribution in [0.3, 0.4) is 0 Å². The first kappa shape index (κ1) is 24.5. The summed E-state index contributed by atoms with van der Waals surface area (Å²) in [6, 6.07) is 15.6. The number of hydrogen-bond donors (Lipinski definition) is 1. The maximum Gasteiger partial charge on any atom is 0.230 e. The van der Waals surface area contributed by atoms with Gasteiger partial charge in [0.2, 0.25) is 11.8 Å². The van der Waals surface area contributed by atoms with Crippen molar-refractivity contribution in [2.24, 2.45) is 5.92 Å². The van der Waals surface area contributed by atoms with Crippen LogP contribution in [0.2, 0.25) is 0 Å². The van der Waals surface area contributed by atoms with Gasteiger partial charge in [0, 0.05) is 24.7 Å². The van der Waals surface area contributed by atoms with Crippen LogP contribution < -0.4 is 10.2 Å². The smallest absolute Gasteiger partial charge is 0.230 e. The molecule has 1 saturated heterocycles. The van der Waals surface area contributed by atoms with Crippen molar-refractivity contribution in [3.8, 4) is 11.5 Å². The molecule has 10 heteroatoms. The molecule has 4 heterocycles. The summed E-state index contributed by atoms with van der Waals surface area (Å²) in [6.07, 6.45) is 3.32. The molecule has 3 aromatic heterocycles. The largest absolute Gasteiger partial charge is 0.312 e. The predicted molar refractivity (Wildman–Crippen MR) is 148 cm³/mol. The van der Waals surface area contributed by atoms with Gasteiger partial charge in [0.1, 0.15) is 12.1 Å². The molecule has 1 N–H and O–H groups in total. The predicted octanol–water partition coefficient (Wildman–Crippen LogP) is 4.23. The number of aryl methyl sites for hydroxylation is 4. The SMILES string of the molecule is Cc1ccc(N2CC(C(=O)Nc3cc(C)nn3-c3ncnc4c3cnn4-c3ccc(C)c(C)c3)CC2=O)cc1. The molecule has 196 valence electrons. The second kappa shape index (κ2) is 9.46. The zero-order valence-electron chi connectivity index (χ0n) is 22.2. The first-order valence-electron chi connectivity index (χ1n) is 12.8. The van der Waals surface area contributed by atoms with Gasteiger partial charge in [0.05, 0.1) is 28.9 Å². The van der Waals surface area contributed by atoms with E-state index in [1.54, 1.807) is 26.5 Å². The first-order chi connectivity index (χ1) is 18.8. The number of aromatic nitrogens is 6. The fourth-order valence-corrected chi connectivity index (χ4v) is 4.88. The van der Waals surface area contributed by atoms with E-state index in [1.165, 1.54) is 11.9 Å². The second-order valence-electron chi connectivity index (χ2n) is 10.1. The van der Waals surface area contributed by atoms with Crippen molar-refractivity contribution < 1.29 is 9.59 Å². The minimum absolute atomic E-state index is 0.0695. The van der Waals surface area contributed by atoms with E-state index in [-0.39, 0.29) is 18.2 Å². The summed E-state index contributed by atoms with van der Waals surface area (Å²) in [6.45, 7) is 8.29. The molecule has 2 amide bonds. The van der Waals surface area contributed by atoms with E-state index in [4.69, 9.17) is 0 Å². The summed E-state index contributed by atoms with van der Waals surface area (Å²) in [5, 5.41) is 12.9. The number of nitrogens with zero attached hydrogens (tertiary/aromatic N) is 7. The van der Waals surface area contributed by atoms with Crippen LogP contribution in [0.4, 0.5) is 11.5 Å². The summed E-state index contributed by atoms with van der Waals surface area (Å²) in [5.41, 5.74) is 6.50. The maximum atomic E-state index is 13.3. The summed E-state index contributed by atoms with van der Waals surface area (Å²) >= 11 is 0. The number of nitrogens with one attached hydrogen (secondary N) is 1. The Bertz CT molecular complexity index is 1730. The molecule has 0 radical (unpaired) electrons. The number of hydrogen-bond acceptors (Lipinski definition) is 6. The minimum Gasteiger partial charge on any atom is -0.312 e. The van der Waals surface area contributed by atoms with Crippen LogP contribution in [0.25, 0.3) is 22.5 Å². The van der Waals surface area contributed by atoms with Gasteiger partial charge in [-0.05, 0) is 63.1 Å². The molecule has 1 unspecified atom stereocenters. The van der Waals surface area contributed by atoms with E-state index in [2.05, 4.69) is 51.5 Å². The number of fused-ring (bicyclic) bond motifs is 1. The van der Waals surface area contributed by atoms with E-state index in [9.17, 15) is 9.59 Å². The van der Waals surface area contributed by atoms with Gasteiger partial charge in [0.15, 0.2) is 11.5 Å². The normalized spacial score (nSPS) is 15.3. The first-order valence-corrected chi connectivity index (χ1v) is 12.8. The maximum absolute atomic E-state index is 13.3. The summed E-state index contributed by atoms with van der Waals surface area (Å²) in [5.74, 6) is 0.176. The van der Waals surface area contributed by atoms with E-state index in [0.29, 0.717) is 34.9 Å². The van der Waals surface area contributed by atoms with Crippen LogP contribution in [-0.4, -0.2) is 47.9 Å². The average molecular weight is 521 g/mol. The highest BCUT2D eigenvalue weighted by atomic mass is 16.2. The van der Waals surface area contributed by atoms with E-state index >= 15 is 0 Å². The molecule has 1 aliphatic rings. The third-order valence-electron chi connectivity index (χ3n) is 7.20. The van der Waals surface area contributed by atoms with Gasteiger partial charge in [-0.25, -0.2) is 14.6 Å². The van der Waals surface area contributed by atoms with Gasteiger partial charge >= 0.3 is 0 Å². The lowest BCUT2D eigenvalue weighted by Gasteiger charge is -2.17. The Morgan fingerprint density at radius 1 is 0.923 bits per heavy atom. The van der Waals surface area contributed by atoms with E-state index in [0.717, 1.165) is 22.5 Å². The molecule has 0 bridgehead atoms. The average Bonchev–Trinajstić information content (AvgIpc) is 3.62. The summed E-state index contributed by atoms with van der Waals surface area (Å²) < 4.78 is 3.36. The second-order valence-corrected chi connectivity index (χ2v) is 10.1. The molecule has 6 rings (SSSR count). The standard InChI is InChI=1S/C29H28N8O2/c1-17-5-8-22(9-6-17)35-15-21(13-26(35)38)29(39)33-25-12-20(4)34-37(25)28-24-14-32-36(27(24)30-16-31-28)23-10-7-18(2)19(3)11-23/h5-12,14,16,21H,13,15H2,1-4H3,(H,33,39). The van der Waals surface area contributed by atoms with Crippen molar-refractivity contribution in [1.29, 1.82) is 0 Å². The number of amides is 2. The third-order valence-corrected chi connectivity index (χ3v) is 7.20. The molecular weight excluding hydrogens is 492 g/mol. The highest BCUT2D eigenvalue weighted by Gasteiger charge is 2.35. The van der Waals surface area contributed by atoms with Crippen LogP contribution >= 0.6 is 0 Å².